The van der Waals surface area contributed by atoms with Crippen LogP contribution in [0.25, 0.3) is 0 Å². The van der Waals surface area contributed by atoms with Crippen molar-refractivity contribution in [1.29, 1.82) is 0 Å². The zero-order valence-corrected chi connectivity index (χ0v) is 7.82. The third-order valence-electron chi connectivity index (χ3n) is 1.23. The van der Waals surface area contributed by atoms with Gasteiger partial charge in [0.15, 0.2) is 6.23 Å². The molecule has 6 nitrogen and oxygen atoms in total. The number of aliphatic hydroxyl groups is 1. The highest BCUT2D eigenvalue weighted by Gasteiger charge is 2.20. The van der Waals surface area contributed by atoms with Crippen molar-refractivity contribution < 1.29 is 19.4 Å². The molecule has 2 atom stereocenters. The van der Waals surface area contributed by atoms with Crippen molar-refractivity contribution >= 4 is 6.03 Å². The van der Waals surface area contributed by atoms with E-state index in [-0.39, 0.29) is 0 Å². The lowest BCUT2D eigenvalue weighted by Gasteiger charge is -2.22. The third-order valence-corrected chi connectivity index (χ3v) is 1.23. The van der Waals surface area contributed by atoms with Crippen LogP contribution < -0.4 is 11.1 Å². The summed E-state index contributed by atoms with van der Waals surface area (Å²) >= 11 is 0. The summed E-state index contributed by atoms with van der Waals surface area (Å²) in [5.41, 5.74) is 4.86. The zero-order chi connectivity index (χ0) is 10.3. The molecule has 2 amide bonds. The van der Waals surface area contributed by atoms with Crippen molar-refractivity contribution in [3.63, 3.8) is 0 Å². The summed E-state index contributed by atoms with van der Waals surface area (Å²) in [6.45, 7) is 4.12. The van der Waals surface area contributed by atoms with Gasteiger partial charge < -0.3 is 25.6 Å². The average molecular weight is 192 g/mol. The van der Waals surface area contributed by atoms with Gasteiger partial charge >= 0.3 is 6.03 Å². The summed E-state index contributed by atoms with van der Waals surface area (Å²) in [6.07, 6.45) is -2.11. The first kappa shape index (κ1) is 12.2. The number of aliphatic hydroxyl groups excluding tert-OH is 1. The van der Waals surface area contributed by atoms with Crippen LogP contribution in [0.2, 0.25) is 0 Å². The molecule has 6 heteroatoms. The Morgan fingerprint density at radius 2 is 2.00 bits per heavy atom. The van der Waals surface area contributed by atoms with Gasteiger partial charge in [-0.2, -0.15) is 0 Å². The number of primary amides is 1. The van der Waals surface area contributed by atoms with Crippen molar-refractivity contribution in [3.05, 3.63) is 0 Å². The highest BCUT2D eigenvalue weighted by Crippen LogP contribution is 1.97. The van der Waals surface area contributed by atoms with Gasteiger partial charge in [-0.3, -0.25) is 0 Å². The van der Waals surface area contributed by atoms with Gasteiger partial charge in [0.05, 0.1) is 0 Å². The van der Waals surface area contributed by atoms with E-state index >= 15 is 0 Å². The number of carbonyl (C=O) groups is 1. The maximum Gasteiger partial charge on any atom is 0.314 e. The molecule has 0 aromatic rings. The van der Waals surface area contributed by atoms with Crippen molar-refractivity contribution in [2.45, 2.75) is 26.4 Å². The Labute approximate surface area is 77.0 Å². The molecule has 0 heterocycles. The van der Waals surface area contributed by atoms with E-state index in [1.807, 2.05) is 0 Å². The minimum absolute atomic E-state index is 0.325. The van der Waals surface area contributed by atoms with Gasteiger partial charge in [-0.05, 0) is 13.8 Å². The lowest BCUT2D eigenvalue weighted by Crippen LogP contribution is -2.48. The molecule has 0 rings (SSSR count). The second-order valence-electron chi connectivity index (χ2n) is 2.23. The highest BCUT2D eigenvalue weighted by molar-refractivity contribution is 5.71. The molecule has 0 aliphatic carbocycles. The summed E-state index contributed by atoms with van der Waals surface area (Å²) in [4.78, 5) is 10.5. The van der Waals surface area contributed by atoms with Gasteiger partial charge in [0.1, 0.15) is 0 Å². The smallest absolute Gasteiger partial charge is 0.314 e. The minimum atomic E-state index is -1.20. The molecular weight excluding hydrogens is 176 g/mol. The fourth-order valence-electron chi connectivity index (χ4n) is 0.773. The SMILES string of the molecule is CCOC(O)C(NC(N)=O)OCC. The van der Waals surface area contributed by atoms with E-state index in [0.717, 1.165) is 0 Å². The standard InChI is InChI=1S/C7H16N2O4/c1-3-12-5(9-7(8)11)6(10)13-4-2/h5-6,10H,3-4H2,1-2H3,(H3,8,9,11). The average Bonchev–Trinajstić information content (AvgIpc) is 2.03. The quantitative estimate of drug-likeness (QED) is 0.488. The Hall–Kier alpha value is -0.850. The summed E-state index contributed by atoms with van der Waals surface area (Å²) < 4.78 is 9.80. The van der Waals surface area contributed by atoms with Crippen LogP contribution in [0.3, 0.4) is 0 Å². The van der Waals surface area contributed by atoms with Crippen LogP contribution in [-0.4, -0.2) is 36.9 Å². The molecule has 0 saturated heterocycles. The number of hydrogen-bond acceptors (Lipinski definition) is 4. The van der Waals surface area contributed by atoms with Crippen LogP contribution >= 0.6 is 0 Å². The van der Waals surface area contributed by atoms with Crippen molar-refractivity contribution in [2.75, 3.05) is 13.2 Å². The van der Waals surface area contributed by atoms with Crippen LogP contribution in [0.4, 0.5) is 4.79 Å². The van der Waals surface area contributed by atoms with Crippen LogP contribution in [-0.2, 0) is 9.47 Å². The largest absolute Gasteiger partial charge is 0.364 e. The van der Waals surface area contributed by atoms with Gasteiger partial charge in [0, 0.05) is 13.2 Å². The van der Waals surface area contributed by atoms with Gasteiger partial charge in [-0.1, -0.05) is 0 Å². The number of nitrogens with one attached hydrogen (secondary N) is 1. The van der Waals surface area contributed by atoms with Crippen molar-refractivity contribution in [1.82, 2.24) is 5.32 Å². The molecule has 13 heavy (non-hydrogen) atoms. The van der Waals surface area contributed by atoms with E-state index in [9.17, 15) is 9.90 Å². The normalized spacial score (nSPS) is 15.0. The van der Waals surface area contributed by atoms with Crippen LogP contribution in [0.1, 0.15) is 13.8 Å². The predicted molar refractivity (Wildman–Crippen MR) is 45.8 cm³/mol. The van der Waals surface area contributed by atoms with E-state index in [4.69, 9.17) is 15.2 Å². The van der Waals surface area contributed by atoms with E-state index < -0.39 is 18.5 Å². The van der Waals surface area contributed by atoms with Gasteiger partial charge in [-0.15, -0.1) is 0 Å². The molecule has 0 aromatic heterocycles. The molecule has 0 radical (unpaired) electrons. The Morgan fingerprint density at radius 3 is 2.38 bits per heavy atom. The zero-order valence-electron chi connectivity index (χ0n) is 7.82. The Kier molecular flexibility index (Phi) is 6.21. The van der Waals surface area contributed by atoms with Crippen LogP contribution in [0, 0.1) is 0 Å². The fourth-order valence-corrected chi connectivity index (χ4v) is 0.773. The maximum absolute atomic E-state index is 10.5. The molecule has 0 aromatic carbocycles. The second kappa shape index (κ2) is 6.64. The second-order valence-corrected chi connectivity index (χ2v) is 2.23. The minimum Gasteiger partial charge on any atom is -0.364 e. The van der Waals surface area contributed by atoms with Gasteiger partial charge in [0.2, 0.25) is 6.29 Å². The number of nitrogens with two attached hydrogens (primary N) is 1. The summed E-state index contributed by atoms with van der Waals surface area (Å²) in [5, 5.41) is 11.5. The lowest BCUT2D eigenvalue weighted by atomic mass is 10.5. The Balaban J connectivity index is 3.97. The van der Waals surface area contributed by atoms with Gasteiger partial charge in [0.25, 0.3) is 0 Å². The highest BCUT2D eigenvalue weighted by atomic mass is 16.6. The Bertz CT molecular complexity index is 153. The van der Waals surface area contributed by atoms with Gasteiger partial charge in [-0.25, -0.2) is 4.79 Å². The predicted octanol–water partition coefficient (Wildman–Crippen LogP) is -0.628. The van der Waals surface area contributed by atoms with Crippen molar-refractivity contribution in [3.8, 4) is 0 Å². The van der Waals surface area contributed by atoms with Crippen LogP contribution in [0.15, 0.2) is 0 Å². The molecule has 4 N–H and O–H groups in total. The Morgan fingerprint density at radius 1 is 1.46 bits per heavy atom. The summed E-state index contributed by atoms with van der Waals surface area (Å²) in [7, 11) is 0. The number of hydrogen-bond donors (Lipinski definition) is 3. The van der Waals surface area contributed by atoms with E-state index in [2.05, 4.69) is 5.32 Å². The van der Waals surface area contributed by atoms with E-state index in [1.54, 1.807) is 13.8 Å². The number of urea groups is 1. The lowest BCUT2D eigenvalue weighted by molar-refractivity contribution is -0.180. The maximum atomic E-state index is 10.5. The van der Waals surface area contributed by atoms with Crippen molar-refractivity contribution in [2.24, 2.45) is 5.73 Å². The molecule has 2 unspecified atom stereocenters. The number of rotatable bonds is 6. The molecule has 0 bridgehead atoms. The number of carbonyl (C=O) groups excluding carboxylic acids is 1. The first-order valence-electron chi connectivity index (χ1n) is 4.09. The summed E-state index contributed by atoms with van der Waals surface area (Å²) in [5.74, 6) is 0. The summed E-state index contributed by atoms with van der Waals surface area (Å²) in [6, 6.07) is -0.766. The molecule has 0 saturated carbocycles. The topological polar surface area (TPSA) is 93.8 Å². The molecular formula is C7H16N2O4. The molecule has 0 aliphatic heterocycles. The molecule has 0 fully saturated rings. The first-order chi connectivity index (χ1) is 6.11. The molecule has 78 valence electrons. The molecule has 0 aliphatic rings. The third kappa shape index (κ3) is 5.40. The number of ether oxygens (including phenoxy) is 2. The van der Waals surface area contributed by atoms with E-state index in [1.165, 1.54) is 0 Å². The number of amides is 2. The van der Waals surface area contributed by atoms with Crippen LogP contribution in [0.5, 0.6) is 0 Å². The first-order valence-corrected chi connectivity index (χ1v) is 4.09. The monoisotopic (exact) mass is 192 g/mol. The van der Waals surface area contributed by atoms with E-state index in [0.29, 0.717) is 13.2 Å². The molecule has 0 spiro atoms. The fraction of sp³-hybridized carbons (Fsp3) is 0.857.